The van der Waals surface area contributed by atoms with Gasteiger partial charge < -0.3 is 10.1 Å². The molecule has 0 aliphatic carbocycles. The number of para-hydroxylation sites is 1. The maximum absolute atomic E-state index is 12.0. The number of benzene rings is 1. The molecule has 1 atom stereocenters. The summed E-state index contributed by atoms with van der Waals surface area (Å²) in [6.45, 7) is 8.89. The fourth-order valence-electron chi connectivity index (χ4n) is 2.66. The van der Waals surface area contributed by atoms with Crippen LogP contribution in [0.5, 0.6) is 0 Å². The minimum Gasteiger partial charge on any atom is -0.372 e. The molecule has 0 saturated carbocycles. The maximum atomic E-state index is 12.0. The molecule has 0 saturated heterocycles. The van der Waals surface area contributed by atoms with Crippen molar-refractivity contribution in [3.8, 4) is 5.69 Å². The molecule has 0 aliphatic rings. The van der Waals surface area contributed by atoms with Crippen LogP contribution >= 0.6 is 0 Å². The lowest BCUT2D eigenvalue weighted by atomic mass is 10.1. The van der Waals surface area contributed by atoms with Crippen LogP contribution in [-0.2, 0) is 9.53 Å². The molecule has 2 rings (SSSR count). The van der Waals surface area contributed by atoms with Gasteiger partial charge in [-0.15, -0.1) is 0 Å². The van der Waals surface area contributed by atoms with E-state index in [4.69, 9.17) is 4.74 Å². The number of carbonyl (C=O) groups is 1. The molecule has 0 unspecified atom stereocenters. The van der Waals surface area contributed by atoms with E-state index >= 15 is 0 Å². The van der Waals surface area contributed by atoms with Crippen molar-refractivity contribution < 1.29 is 9.53 Å². The zero-order valence-electron chi connectivity index (χ0n) is 15.0. The smallest absolute Gasteiger partial charge is 0.246 e. The van der Waals surface area contributed by atoms with Crippen LogP contribution in [0.15, 0.2) is 30.5 Å². The molecular formula is C19H27N3O2. The summed E-state index contributed by atoms with van der Waals surface area (Å²) < 4.78 is 7.28. The van der Waals surface area contributed by atoms with E-state index < -0.39 is 0 Å². The van der Waals surface area contributed by atoms with Crippen LogP contribution in [0.4, 0.5) is 0 Å². The molecule has 0 aliphatic heterocycles. The van der Waals surface area contributed by atoms with Gasteiger partial charge in [-0.1, -0.05) is 31.5 Å². The maximum Gasteiger partial charge on any atom is 0.246 e. The number of ether oxygens (including phenoxy) is 1. The summed E-state index contributed by atoms with van der Waals surface area (Å²) in [5.74, 6) is -0.0957. The van der Waals surface area contributed by atoms with E-state index in [1.165, 1.54) is 0 Å². The minimum atomic E-state index is -0.106. The van der Waals surface area contributed by atoms with E-state index in [-0.39, 0.29) is 18.6 Å². The van der Waals surface area contributed by atoms with Crippen LogP contribution in [0, 0.1) is 13.8 Å². The molecule has 0 fully saturated rings. The predicted molar refractivity (Wildman–Crippen MR) is 95.3 cm³/mol. The van der Waals surface area contributed by atoms with E-state index in [0.717, 1.165) is 35.3 Å². The largest absolute Gasteiger partial charge is 0.372 e. The molecule has 5 nitrogen and oxygen atoms in total. The second kappa shape index (κ2) is 8.64. The quantitative estimate of drug-likeness (QED) is 0.754. The van der Waals surface area contributed by atoms with E-state index in [9.17, 15) is 4.79 Å². The van der Waals surface area contributed by atoms with Crippen LogP contribution in [0.1, 0.15) is 49.6 Å². The van der Waals surface area contributed by atoms with E-state index in [1.807, 2.05) is 42.9 Å². The topological polar surface area (TPSA) is 56.1 Å². The van der Waals surface area contributed by atoms with Crippen molar-refractivity contribution in [3.63, 3.8) is 0 Å². The van der Waals surface area contributed by atoms with Gasteiger partial charge in [-0.2, -0.15) is 5.10 Å². The lowest BCUT2D eigenvalue weighted by molar-refractivity contribution is -0.126. The highest BCUT2D eigenvalue weighted by Gasteiger charge is 2.16. The minimum absolute atomic E-state index is 0.0957. The number of carbonyl (C=O) groups excluding carboxylic acids is 1. The zero-order chi connectivity index (χ0) is 17.5. The van der Waals surface area contributed by atoms with Gasteiger partial charge in [0.1, 0.15) is 6.61 Å². The molecule has 2 aromatic rings. The Morgan fingerprint density at radius 3 is 2.79 bits per heavy atom. The summed E-state index contributed by atoms with van der Waals surface area (Å²) in [4.78, 5) is 12.0. The van der Waals surface area contributed by atoms with Crippen molar-refractivity contribution in [1.29, 1.82) is 0 Å². The molecule has 0 radical (unpaired) electrons. The summed E-state index contributed by atoms with van der Waals surface area (Å²) >= 11 is 0. The van der Waals surface area contributed by atoms with Crippen molar-refractivity contribution in [2.75, 3.05) is 13.2 Å². The zero-order valence-corrected chi connectivity index (χ0v) is 15.0. The number of rotatable bonds is 8. The van der Waals surface area contributed by atoms with Crippen LogP contribution in [0.2, 0.25) is 0 Å². The molecule has 130 valence electrons. The van der Waals surface area contributed by atoms with Crippen molar-refractivity contribution >= 4 is 5.91 Å². The van der Waals surface area contributed by atoms with E-state index in [0.29, 0.717) is 6.61 Å². The van der Waals surface area contributed by atoms with Gasteiger partial charge in [-0.05, 0) is 38.8 Å². The van der Waals surface area contributed by atoms with Crippen LogP contribution in [0.3, 0.4) is 0 Å². The van der Waals surface area contributed by atoms with Gasteiger partial charge >= 0.3 is 0 Å². The summed E-state index contributed by atoms with van der Waals surface area (Å²) in [7, 11) is 0. The van der Waals surface area contributed by atoms with Crippen molar-refractivity contribution in [3.05, 3.63) is 47.3 Å². The molecule has 1 aromatic carbocycles. The van der Waals surface area contributed by atoms with Crippen molar-refractivity contribution in [2.45, 2.75) is 46.6 Å². The lowest BCUT2D eigenvalue weighted by Gasteiger charge is -2.15. The van der Waals surface area contributed by atoms with Crippen molar-refractivity contribution in [2.24, 2.45) is 0 Å². The van der Waals surface area contributed by atoms with Gasteiger partial charge in [0, 0.05) is 17.9 Å². The van der Waals surface area contributed by atoms with Gasteiger partial charge in [-0.3, -0.25) is 4.79 Å². The highest BCUT2D eigenvalue weighted by Crippen LogP contribution is 2.21. The number of unbranched alkanes of at least 4 members (excludes halogenated alkanes) is 1. The van der Waals surface area contributed by atoms with Crippen LogP contribution in [-0.4, -0.2) is 28.9 Å². The monoisotopic (exact) mass is 329 g/mol. The third-order valence-corrected chi connectivity index (χ3v) is 4.11. The van der Waals surface area contributed by atoms with Gasteiger partial charge in [0.25, 0.3) is 0 Å². The Kier molecular flexibility index (Phi) is 6.55. The predicted octanol–water partition coefficient (Wildman–Crippen LogP) is 3.48. The summed E-state index contributed by atoms with van der Waals surface area (Å²) in [5.41, 5.74) is 4.27. The second-order valence-corrected chi connectivity index (χ2v) is 6.08. The number of hydrogen-bond donors (Lipinski definition) is 1. The normalized spacial score (nSPS) is 12.2. The Hall–Kier alpha value is -2.14. The molecule has 1 amide bonds. The SMILES string of the molecule is CCCCOCC(=O)N[C@H](C)c1cnn(-c2ccccc2C)c1C. The van der Waals surface area contributed by atoms with Gasteiger partial charge in [0.15, 0.2) is 0 Å². The molecule has 1 N–H and O–H groups in total. The highest BCUT2D eigenvalue weighted by atomic mass is 16.5. The third-order valence-electron chi connectivity index (χ3n) is 4.11. The lowest BCUT2D eigenvalue weighted by Crippen LogP contribution is -2.30. The number of aryl methyl sites for hydroxylation is 1. The number of nitrogens with zero attached hydrogens (tertiary/aromatic N) is 2. The first-order valence-corrected chi connectivity index (χ1v) is 8.52. The van der Waals surface area contributed by atoms with Crippen LogP contribution in [0.25, 0.3) is 5.69 Å². The highest BCUT2D eigenvalue weighted by molar-refractivity contribution is 5.77. The summed E-state index contributed by atoms with van der Waals surface area (Å²) in [6, 6.07) is 8.02. The first-order valence-electron chi connectivity index (χ1n) is 8.52. The molecule has 5 heteroatoms. The molecule has 0 bridgehead atoms. The molecule has 24 heavy (non-hydrogen) atoms. The summed E-state index contributed by atoms with van der Waals surface area (Å²) in [6.07, 6.45) is 3.87. The average Bonchev–Trinajstić information content (AvgIpc) is 2.93. The average molecular weight is 329 g/mol. The molecule has 1 heterocycles. The van der Waals surface area contributed by atoms with E-state index in [1.54, 1.807) is 0 Å². The number of amides is 1. The van der Waals surface area contributed by atoms with Crippen LogP contribution < -0.4 is 5.32 Å². The van der Waals surface area contributed by atoms with E-state index in [2.05, 4.69) is 30.3 Å². The first kappa shape index (κ1) is 18.2. The number of nitrogens with one attached hydrogen (secondary N) is 1. The Morgan fingerprint density at radius 2 is 2.08 bits per heavy atom. The Labute approximate surface area is 144 Å². The Bertz CT molecular complexity index is 679. The molecule has 1 aromatic heterocycles. The van der Waals surface area contributed by atoms with Crippen molar-refractivity contribution in [1.82, 2.24) is 15.1 Å². The number of aromatic nitrogens is 2. The Morgan fingerprint density at radius 1 is 1.33 bits per heavy atom. The standard InChI is InChI=1S/C19H27N3O2/c1-5-6-11-24-13-19(23)21-15(3)17-12-20-22(16(17)4)18-10-8-7-9-14(18)2/h7-10,12,15H,5-6,11,13H2,1-4H3,(H,21,23)/t15-/m1/s1. The van der Waals surface area contributed by atoms with Gasteiger partial charge in [-0.25, -0.2) is 4.68 Å². The number of hydrogen-bond acceptors (Lipinski definition) is 3. The fraction of sp³-hybridized carbons (Fsp3) is 0.474. The Balaban J connectivity index is 2.02. The second-order valence-electron chi connectivity index (χ2n) is 6.08. The van der Waals surface area contributed by atoms with Gasteiger partial charge in [0.05, 0.1) is 17.9 Å². The fourth-order valence-corrected chi connectivity index (χ4v) is 2.66. The molecular weight excluding hydrogens is 302 g/mol. The first-order chi connectivity index (χ1) is 11.5. The van der Waals surface area contributed by atoms with Gasteiger partial charge in [0.2, 0.25) is 5.91 Å². The third kappa shape index (κ3) is 4.45. The summed E-state index contributed by atoms with van der Waals surface area (Å²) in [5, 5.41) is 7.47. The molecule has 0 spiro atoms.